The number of H-pyrrole nitrogens is 1. The average Bonchev–Trinajstić information content (AvgIpc) is 3.30. The lowest BCUT2D eigenvalue weighted by Gasteiger charge is -2.15. The maximum Gasteiger partial charge on any atom is 0.253 e. The average molecular weight is 340 g/mol. The smallest absolute Gasteiger partial charge is 0.253 e. The summed E-state index contributed by atoms with van der Waals surface area (Å²) < 4.78 is 15.3. The van der Waals surface area contributed by atoms with Crippen molar-refractivity contribution in [2.24, 2.45) is 0 Å². The van der Waals surface area contributed by atoms with Crippen molar-refractivity contribution in [3.8, 4) is 0 Å². The van der Waals surface area contributed by atoms with E-state index in [1.165, 1.54) is 17.8 Å². The molecular weight excluding hydrogens is 323 g/mol. The Bertz CT molecular complexity index is 848. The molecule has 7 nitrogen and oxygen atoms in total. The Morgan fingerprint density at radius 3 is 2.84 bits per heavy atom. The van der Waals surface area contributed by atoms with Crippen molar-refractivity contribution in [3.05, 3.63) is 65.0 Å². The molecule has 1 unspecified atom stereocenters. The van der Waals surface area contributed by atoms with Crippen molar-refractivity contribution in [1.29, 1.82) is 0 Å². The summed E-state index contributed by atoms with van der Waals surface area (Å²) in [7, 11) is 0. The Kier molecular flexibility index (Phi) is 4.01. The van der Waals surface area contributed by atoms with Crippen molar-refractivity contribution < 1.29 is 9.18 Å². The van der Waals surface area contributed by atoms with Crippen LogP contribution < -0.4 is 5.32 Å². The van der Waals surface area contributed by atoms with Gasteiger partial charge in [0, 0.05) is 18.4 Å². The summed E-state index contributed by atoms with van der Waals surface area (Å²) in [6.07, 6.45) is 5.14. The maximum absolute atomic E-state index is 13.2. The molecule has 0 bridgehead atoms. The number of rotatable bonds is 4. The van der Waals surface area contributed by atoms with Crippen molar-refractivity contribution in [2.45, 2.75) is 31.8 Å². The van der Waals surface area contributed by atoms with Crippen molar-refractivity contribution in [3.63, 3.8) is 0 Å². The number of tetrazole rings is 1. The van der Waals surface area contributed by atoms with E-state index >= 15 is 0 Å². The first-order valence-corrected chi connectivity index (χ1v) is 8.19. The summed E-state index contributed by atoms with van der Waals surface area (Å²) in [6.45, 7) is 0.939. The van der Waals surface area contributed by atoms with Gasteiger partial charge in [-0.1, -0.05) is 17.3 Å². The fourth-order valence-electron chi connectivity index (χ4n) is 3.15. The summed E-state index contributed by atoms with van der Waals surface area (Å²) in [6, 6.07) is 7.19. The van der Waals surface area contributed by atoms with Crippen LogP contribution in [0.5, 0.6) is 0 Å². The molecule has 1 aliphatic heterocycles. The number of aromatic nitrogens is 5. The molecule has 128 valence electrons. The van der Waals surface area contributed by atoms with E-state index in [1.807, 2.05) is 12.3 Å². The number of benzene rings is 1. The van der Waals surface area contributed by atoms with E-state index in [1.54, 1.807) is 12.1 Å². The second-order valence-electron chi connectivity index (χ2n) is 6.10. The van der Waals surface area contributed by atoms with Crippen LogP contribution >= 0.6 is 0 Å². The molecule has 2 N–H and O–H groups in total. The van der Waals surface area contributed by atoms with Gasteiger partial charge in [0.15, 0.2) is 0 Å². The predicted octanol–water partition coefficient (Wildman–Crippen LogP) is 2.00. The molecule has 3 aromatic rings. The molecule has 25 heavy (non-hydrogen) atoms. The Morgan fingerprint density at radius 2 is 2.12 bits per heavy atom. The van der Waals surface area contributed by atoms with Crippen LogP contribution in [0.25, 0.3) is 0 Å². The van der Waals surface area contributed by atoms with Crippen LogP contribution in [0.4, 0.5) is 4.39 Å². The van der Waals surface area contributed by atoms with E-state index < -0.39 is 6.04 Å². The largest absolute Gasteiger partial charge is 0.351 e. The fraction of sp³-hybridized carbons (Fsp3) is 0.294. The van der Waals surface area contributed by atoms with Crippen LogP contribution in [-0.4, -0.2) is 31.1 Å². The van der Waals surface area contributed by atoms with Crippen molar-refractivity contribution in [2.75, 3.05) is 0 Å². The van der Waals surface area contributed by atoms with Crippen LogP contribution in [0.15, 0.2) is 36.5 Å². The Hall–Kier alpha value is -3.03. The molecule has 1 atom stereocenters. The second-order valence-corrected chi connectivity index (χ2v) is 6.10. The number of halogens is 1. The summed E-state index contributed by atoms with van der Waals surface area (Å²) in [4.78, 5) is 12.7. The second kappa shape index (κ2) is 6.46. The molecule has 0 spiro atoms. The minimum absolute atomic E-state index is 0.221. The van der Waals surface area contributed by atoms with Crippen molar-refractivity contribution in [1.82, 2.24) is 30.5 Å². The summed E-state index contributed by atoms with van der Waals surface area (Å²) in [5, 5.41) is 16.8. The van der Waals surface area contributed by atoms with Gasteiger partial charge in [-0.3, -0.25) is 4.79 Å². The van der Waals surface area contributed by atoms with Crippen LogP contribution in [0, 0.1) is 5.82 Å². The first kappa shape index (κ1) is 15.5. The number of nitrogens with one attached hydrogen (secondary N) is 2. The molecule has 0 fully saturated rings. The van der Waals surface area contributed by atoms with Crippen LogP contribution in [0.1, 0.15) is 46.3 Å². The maximum atomic E-state index is 13.2. The van der Waals surface area contributed by atoms with Crippen LogP contribution in [0.3, 0.4) is 0 Å². The van der Waals surface area contributed by atoms with Gasteiger partial charge in [-0.2, -0.15) is 5.21 Å². The number of amides is 1. The third kappa shape index (κ3) is 3.15. The van der Waals surface area contributed by atoms with E-state index in [2.05, 4.69) is 30.5 Å². The Labute approximate surface area is 143 Å². The third-order valence-electron chi connectivity index (χ3n) is 4.43. The number of hydrogen-bond acceptors (Lipinski definition) is 4. The molecule has 1 aromatic carbocycles. The standard InChI is InChI=1S/C17H17FN6O/c18-13-6-4-11(5-7-13)15(16-20-22-23-21-16)19-17(25)12-9-14-3-1-2-8-24(14)10-12/h4-7,9-10,15H,1-3,8H2,(H,19,25)(H,20,21,22,23). The zero-order chi connectivity index (χ0) is 17.2. The third-order valence-corrected chi connectivity index (χ3v) is 4.43. The number of carbonyl (C=O) groups excluding carboxylic acids is 1. The first-order valence-electron chi connectivity index (χ1n) is 8.19. The SMILES string of the molecule is O=C(NC(c1ccc(F)cc1)c1nn[nH]n1)c1cc2n(c1)CCCC2. The van der Waals surface area contributed by atoms with Crippen LogP contribution in [0.2, 0.25) is 0 Å². The molecule has 1 aliphatic rings. The molecule has 2 aromatic heterocycles. The summed E-state index contributed by atoms with van der Waals surface area (Å²) in [5.74, 6) is -0.244. The van der Waals surface area contributed by atoms with Gasteiger partial charge in [-0.25, -0.2) is 4.39 Å². The van der Waals surface area contributed by atoms with Crippen molar-refractivity contribution >= 4 is 5.91 Å². The van der Waals surface area contributed by atoms with Gasteiger partial charge in [-0.15, -0.1) is 10.2 Å². The minimum Gasteiger partial charge on any atom is -0.351 e. The molecule has 4 rings (SSSR count). The Morgan fingerprint density at radius 1 is 1.28 bits per heavy atom. The molecule has 1 amide bonds. The highest BCUT2D eigenvalue weighted by atomic mass is 19.1. The van der Waals surface area contributed by atoms with Gasteiger partial charge in [0.25, 0.3) is 5.91 Å². The molecular formula is C17H17FN6O. The van der Waals surface area contributed by atoms with Gasteiger partial charge >= 0.3 is 0 Å². The van der Waals surface area contributed by atoms with E-state index in [4.69, 9.17) is 0 Å². The minimum atomic E-state index is -0.608. The van der Waals surface area contributed by atoms with E-state index in [9.17, 15) is 9.18 Å². The number of nitrogens with zero attached hydrogens (tertiary/aromatic N) is 4. The molecule has 0 saturated heterocycles. The fourth-order valence-corrected chi connectivity index (χ4v) is 3.15. The topological polar surface area (TPSA) is 88.5 Å². The number of aromatic amines is 1. The van der Waals surface area contributed by atoms with E-state index in [-0.39, 0.29) is 11.7 Å². The van der Waals surface area contributed by atoms with Crippen LogP contribution in [-0.2, 0) is 13.0 Å². The lowest BCUT2D eigenvalue weighted by atomic mass is 10.1. The lowest BCUT2D eigenvalue weighted by molar-refractivity contribution is 0.0941. The number of hydrogen-bond donors (Lipinski definition) is 2. The lowest BCUT2D eigenvalue weighted by Crippen LogP contribution is -2.30. The first-order chi connectivity index (χ1) is 12.2. The molecule has 8 heteroatoms. The number of fused-ring (bicyclic) bond motifs is 1. The van der Waals surface area contributed by atoms with Gasteiger partial charge in [0.05, 0.1) is 5.56 Å². The van der Waals surface area contributed by atoms with E-state index in [0.29, 0.717) is 17.0 Å². The zero-order valence-corrected chi connectivity index (χ0v) is 13.4. The Balaban J connectivity index is 1.61. The summed E-state index contributed by atoms with van der Waals surface area (Å²) in [5.41, 5.74) is 2.46. The normalized spacial score (nSPS) is 14.8. The van der Waals surface area contributed by atoms with E-state index in [0.717, 1.165) is 25.8 Å². The zero-order valence-electron chi connectivity index (χ0n) is 13.4. The monoisotopic (exact) mass is 340 g/mol. The number of aryl methyl sites for hydroxylation is 2. The highest BCUT2D eigenvalue weighted by molar-refractivity contribution is 5.94. The van der Waals surface area contributed by atoms with Gasteiger partial charge in [-0.05, 0) is 43.0 Å². The van der Waals surface area contributed by atoms with Gasteiger partial charge in [0.1, 0.15) is 11.9 Å². The summed E-state index contributed by atoms with van der Waals surface area (Å²) >= 11 is 0. The molecule has 0 saturated carbocycles. The predicted molar refractivity (Wildman–Crippen MR) is 87.3 cm³/mol. The van der Waals surface area contributed by atoms with Gasteiger partial charge < -0.3 is 9.88 Å². The number of carbonyl (C=O) groups is 1. The van der Waals surface area contributed by atoms with Gasteiger partial charge in [0.2, 0.25) is 5.82 Å². The quantitative estimate of drug-likeness (QED) is 0.760. The highest BCUT2D eigenvalue weighted by Gasteiger charge is 2.23. The highest BCUT2D eigenvalue weighted by Crippen LogP contribution is 2.21. The molecule has 0 aliphatic carbocycles. The molecule has 3 heterocycles. The molecule has 0 radical (unpaired) electrons.